The van der Waals surface area contributed by atoms with Gasteiger partial charge in [-0.15, -0.1) is 0 Å². The number of rotatable bonds is 2. The van der Waals surface area contributed by atoms with Gasteiger partial charge in [-0.25, -0.2) is 0 Å². The van der Waals surface area contributed by atoms with E-state index in [1.54, 1.807) is 18.2 Å². The molecule has 1 heterocycles. The van der Waals surface area contributed by atoms with E-state index in [4.69, 9.17) is 16.3 Å². The molecule has 18 heavy (non-hydrogen) atoms. The maximum Gasteiger partial charge on any atom is 0.244 e. The highest BCUT2D eigenvalue weighted by Crippen LogP contribution is 2.25. The zero-order chi connectivity index (χ0) is 13.1. The molecule has 2 atom stereocenters. The molecule has 0 aromatic heterocycles. The Morgan fingerprint density at radius 1 is 1.61 bits per heavy atom. The molecule has 0 bridgehead atoms. The van der Waals surface area contributed by atoms with Crippen LogP contribution in [0.25, 0.3) is 0 Å². The molecular formula is C12H14BrClN2O2. The summed E-state index contributed by atoms with van der Waals surface area (Å²) in [5.41, 5.74) is 0.704. The largest absolute Gasteiger partial charge is 0.375 e. The van der Waals surface area contributed by atoms with E-state index >= 15 is 0 Å². The number of anilines is 1. The molecule has 0 spiro atoms. The monoisotopic (exact) mass is 332 g/mol. The van der Waals surface area contributed by atoms with Crippen LogP contribution < -0.4 is 10.6 Å². The van der Waals surface area contributed by atoms with Crippen LogP contribution in [0.5, 0.6) is 0 Å². The van der Waals surface area contributed by atoms with Gasteiger partial charge in [0.15, 0.2) is 0 Å². The van der Waals surface area contributed by atoms with Gasteiger partial charge in [-0.1, -0.05) is 11.6 Å². The molecule has 4 nitrogen and oxygen atoms in total. The van der Waals surface area contributed by atoms with Crippen molar-refractivity contribution in [2.75, 3.05) is 18.5 Å². The number of hydrogen-bond acceptors (Lipinski definition) is 3. The highest BCUT2D eigenvalue weighted by atomic mass is 79.9. The van der Waals surface area contributed by atoms with E-state index in [0.29, 0.717) is 23.9 Å². The first-order valence-corrected chi connectivity index (χ1v) is 6.86. The summed E-state index contributed by atoms with van der Waals surface area (Å²) in [6.45, 7) is 3.21. The molecule has 1 aromatic carbocycles. The fourth-order valence-electron chi connectivity index (χ4n) is 1.82. The average Bonchev–Trinajstić information content (AvgIpc) is 2.34. The van der Waals surface area contributed by atoms with Crippen molar-refractivity contribution in [1.82, 2.24) is 5.32 Å². The van der Waals surface area contributed by atoms with Crippen LogP contribution in [0.2, 0.25) is 5.02 Å². The number of morpholine rings is 1. The second-order valence-corrected chi connectivity index (χ2v) is 5.39. The Labute approximate surface area is 119 Å². The van der Waals surface area contributed by atoms with Crippen LogP contribution in [0.1, 0.15) is 6.92 Å². The lowest BCUT2D eigenvalue weighted by Gasteiger charge is -2.29. The third-order valence-electron chi connectivity index (χ3n) is 2.79. The van der Waals surface area contributed by atoms with Gasteiger partial charge in [0.2, 0.25) is 5.91 Å². The highest BCUT2D eigenvalue weighted by Gasteiger charge is 2.28. The van der Waals surface area contributed by atoms with E-state index in [0.717, 1.165) is 4.47 Å². The lowest BCUT2D eigenvalue weighted by atomic mass is 10.1. The number of carbonyl (C=O) groups excluding carboxylic acids is 1. The normalized spacial score (nSPS) is 23.7. The lowest BCUT2D eigenvalue weighted by Crippen LogP contribution is -2.53. The Morgan fingerprint density at radius 2 is 2.39 bits per heavy atom. The van der Waals surface area contributed by atoms with E-state index < -0.39 is 0 Å². The van der Waals surface area contributed by atoms with Gasteiger partial charge in [0.1, 0.15) is 6.04 Å². The van der Waals surface area contributed by atoms with Gasteiger partial charge in [-0.05, 0) is 41.1 Å². The molecule has 0 radical (unpaired) electrons. The van der Waals surface area contributed by atoms with Crippen LogP contribution in [0, 0.1) is 0 Å². The predicted molar refractivity (Wildman–Crippen MR) is 75.0 cm³/mol. The van der Waals surface area contributed by atoms with Gasteiger partial charge in [-0.3, -0.25) is 4.79 Å². The van der Waals surface area contributed by atoms with Crippen LogP contribution in [0.15, 0.2) is 22.7 Å². The molecule has 1 aliphatic heterocycles. The predicted octanol–water partition coefficient (Wildman–Crippen LogP) is 2.42. The van der Waals surface area contributed by atoms with Gasteiger partial charge in [0.25, 0.3) is 0 Å². The van der Waals surface area contributed by atoms with Gasteiger partial charge in [-0.2, -0.15) is 0 Å². The van der Waals surface area contributed by atoms with Crippen LogP contribution >= 0.6 is 27.5 Å². The van der Waals surface area contributed by atoms with E-state index in [9.17, 15) is 4.79 Å². The number of halogens is 2. The molecule has 6 heteroatoms. The summed E-state index contributed by atoms with van der Waals surface area (Å²) >= 11 is 9.22. The first kappa shape index (κ1) is 13.8. The molecule has 0 aliphatic carbocycles. The molecule has 0 unspecified atom stereocenters. The highest BCUT2D eigenvalue weighted by molar-refractivity contribution is 9.10. The number of benzene rings is 1. The van der Waals surface area contributed by atoms with Gasteiger partial charge in [0, 0.05) is 16.7 Å². The summed E-state index contributed by atoms with van der Waals surface area (Å²) in [5.74, 6) is -0.101. The SMILES string of the molecule is C[C@H]1OCCN[C@@H]1C(=O)Nc1ccc(Cl)c(Br)c1. The standard InChI is InChI=1S/C12H14BrClN2O2/c1-7-11(15-4-5-18-7)12(17)16-8-2-3-10(14)9(13)6-8/h2-3,6-7,11,15H,4-5H2,1H3,(H,16,17)/t7-,11+/m1/s1. The summed E-state index contributed by atoms with van der Waals surface area (Å²) in [7, 11) is 0. The number of nitrogens with one attached hydrogen (secondary N) is 2. The molecule has 1 amide bonds. The van der Waals surface area contributed by atoms with E-state index in [1.165, 1.54) is 0 Å². The lowest BCUT2D eigenvalue weighted by molar-refractivity contribution is -0.123. The number of amides is 1. The Kier molecular flexibility index (Phi) is 4.61. The van der Waals surface area contributed by atoms with Gasteiger partial charge >= 0.3 is 0 Å². The van der Waals surface area contributed by atoms with Crippen LogP contribution in [-0.4, -0.2) is 31.2 Å². The Balaban J connectivity index is 2.04. The Hall–Kier alpha value is -0.620. The van der Waals surface area contributed by atoms with Gasteiger partial charge in [0.05, 0.1) is 17.7 Å². The summed E-state index contributed by atoms with van der Waals surface area (Å²) in [5, 5.41) is 6.59. The van der Waals surface area contributed by atoms with Crippen LogP contribution in [0.3, 0.4) is 0 Å². The van der Waals surface area contributed by atoms with Crippen molar-refractivity contribution in [3.8, 4) is 0 Å². The van der Waals surface area contributed by atoms with Gasteiger partial charge < -0.3 is 15.4 Å². The zero-order valence-corrected chi connectivity index (χ0v) is 12.2. The maximum atomic E-state index is 12.1. The fraction of sp³-hybridized carbons (Fsp3) is 0.417. The molecule has 2 rings (SSSR count). The van der Waals surface area contributed by atoms with Crippen molar-refractivity contribution in [2.45, 2.75) is 19.1 Å². The summed E-state index contributed by atoms with van der Waals surface area (Å²) in [4.78, 5) is 12.1. The number of hydrogen-bond donors (Lipinski definition) is 2. The maximum absolute atomic E-state index is 12.1. The minimum Gasteiger partial charge on any atom is -0.375 e. The molecule has 1 fully saturated rings. The molecule has 1 saturated heterocycles. The van der Waals surface area contributed by atoms with Crippen molar-refractivity contribution in [1.29, 1.82) is 0 Å². The molecule has 2 N–H and O–H groups in total. The van der Waals surface area contributed by atoms with Crippen LogP contribution in [-0.2, 0) is 9.53 Å². The van der Waals surface area contributed by atoms with Crippen molar-refractivity contribution in [3.05, 3.63) is 27.7 Å². The Bertz CT molecular complexity index is 456. The number of carbonyl (C=O) groups is 1. The molecule has 1 aliphatic rings. The quantitative estimate of drug-likeness (QED) is 0.874. The second-order valence-electron chi connectivity index (χ2n) is 4.13. The van der Waals surface area contributed by atoms with Crippen molar-refractivity contribution in [3.63, 3.8) is 0 Å². The summed E-state index contributed by atoms with van der Waals surface area (Å²) in [6, 6.07) is 4.94. The van der Waals surface area contributed by atoms with E-state index in [1.807, 2.05) is 6.92 Å². The molecule has 0 saturated carbocycles. The molecule has 1 aromatic rings. The fourth-order valence-corrected chi connectivity index (χ4v) is 2.32. The second kappa shape index (κ2) is 6.02. The minimum absolute atomic E-state index is 0.101. The van der Waals surface area contributed by atoms with Crippen molar-refractivity contribution >= 4 is 39.1 Å². The minimum atomic E-state index is -0.326. The molecular weight excluding hydrogens is 320 g/mol. The smallest absolute Gasteiger partial charge is 0.244 e. The van der Waals surface area contributed by atoms with Crippen molar-refractivity contribution < 1.29 is 9.53 Å². The Morgan fingerprint density at radius 3 is 3.06 bits per heavy atom. The number of ether oxygens (including phenoxy) is 1. The topological polar surface area (TPSA) is 50.4 Å². The average molecular weight is 334 g/mol. The third kappa shape index (κ3) is 3.23. The van der Waals surface area contributed by atoms with Crippen LogP contribution in [0.4, 0.5) is 5.69 Å². The van der Waals surface area contributed by atoms with Crippen molar-refractivity contribution in [2.24, 2.45) is 0 Å². The zero-order valence-electron chi connectivity index (χ0n) is 9.87. The van der Waals surface area contributed by atoms with E-state index in [2.05, 4.69) is 26.6 Å². The summed E-state index contributed by atoms with van der Waals surface area (Å²) < 4.78 is 6.19. The molecule has 98 valence electrons. The van der Waals surface area contributed by atoms with E-state index in [-0.39, 0.29) is 18.1 Å². The first-order valence-electron chi connectivity index (χ1n) is 5.69. The first-order chi connectivity index (χ1) is 8.58. The third-order valence-corrected chi connectivity index (χ3v) is 4.00. The summed E-state index contributed by atoms with van der Waals surface area (Å²) in [6.07, 6.45) is -0.130.